The van der Waals surface area contributed by atoms with E-state index in [0.29, 0.717) is 25.9 Å². The van der Waals surface area contributed by atoms with Gasteiger partial charge < -0.3 is 5.11 Å². The summed E-state index contributed by atoms with van der Waals surface area (Å²) in [5.74, 6) is 0. The van der Waals surface area contributed by atoms with Gasteiger partial charge in [0.15, 0.2) is 5.25 Å². The summed E-state index contributed by atoms with van der Waals surface area (Å²) in [5, 5.41) is 16.7. The Bertz CT molecular complexity index is 325. The summed E-state index contributed by atoms with van der Waals surface area (Å²) in [5.41, 5.74) is 0. The van der Waals surface area contributed by atoms with Crippen LogP contribution < -0.4 is 0 Å². The average molecular weight is 218 g/mol. The third-order valence-electron chi connectivity index (χ3n) is 2.41. The second kappa shape index (κ2) is 4.26. The Morgan fingerprint density at radius 3 is 2.43 bits per heavy atom. The highest BCUT2D eigenvalue weighted by molar-refractivity contribution is 7.89. The Morgan fingerprint density at radius 2 is 2.00 bits per heavy atom. The molecule has 0 aliphatic carbocycles. The van der Waals surface area contributed by atoms with Gasteiger partial charge in [0.25, 0.3) is 0 Å². The summed E-state index contributed by atoms with van der Waals surface area (Å²) in [6, 6.07) is 1.72. The van der Waals surface area contributed by atoms with Crippen LogP contribution in [0.2, 0.25) is 0 Å². The van der Waals surface area contributed by atoms with Gasteiger partial charge >= 0.3 is 0 Å². The van der Waals surface area contributed by atoms with Gasteiger partial charge in [-0.1, -0.05) is 0 Å². The molecule has 1 atom stereocenters. The van der Waals surface area contributed by atoms with Gasteiger partial charge in [-0.15, -0.1) is 0 Å². The first kappa shape index (κ1) is 11.4. The first-order chi connectivity index (χ1) is 6.48. The predicted molar refractivity (Wildman–Crippen MR) is 50.8 cm³/mol. The van der Waals surface area contributed by atoms with Crippen LogP contribution in [0.1, 0.15) is 19.8 Å². The van der Waals surface area contributed by atoms with Crippen LogP contribution in [-0.4, -0.2) is 42.3 Å². The maximum Gasteiger partial charge on any atom is 0.230 e. The molecule has 14 heavy (non-hydrogen) atoms. The summed E-state index contributed by atoms with van der Waals surface area (Å²) >= 11 is 0. The van der Waals surface area contributed by atoms with Crippen LogP contribution in [0.3, 0.4) is 0 Å². The molecule has 1 unspecified atom stereocenters. The zero-order valence-corrected chi connectivity index (χ0v) is 8.87. The van der Waals surface area contributed by atoms with Gasteiger partial charge in [-0.3, -0.25) is 0 Å². The SMILES string of the molecule is CC(C#N)S(=O)(=O)N1CCC(O)CC1. The van der Waals surface area contributed by atoms with Crippen molar-refractivity contribution < 1.29 is 13.5 Å². The van der Waals surface area contributed by atoms with Crippen LogP contribution in [0.4, 0.5) is 0 Å². The number of sulfonamides is 1. The van der Waals surface area contributed by atoms with Crippen LogP contribution in [0.15, 0.2) is 0 Å². The molecular formula is C8H14N2O3S. The van der Waals surface area contributed by atoms with Crippen LogP contribution in [0.5, 0.6) is 0 Å². The van der Waals surface area contributed by atoms with E-state index in [1.807, 2.05) is 0 Å². The molecule has 1 saturated heterocycles. The number of rotatable bonds is 2. The smallest absolute Gasteiger partial charge is 0.230 e. The Hall–Kier alpha value is -0.640. The van der Waals surface area contributed by atoms with Crippen molar-refractivity contribution in [1.29, 1.82) is 5.26 Å². The molecule has 0 aromatic heterocycles. The van der Waals surface area contributed by atoms with Crippen molar-refractivity contribution in [3.05, 3.63) is 0 Å². The van der Waals surface area contributed by atoms with E-state index in [4.69, 9.17) is 5.26 Å². The quantitative estimate of drug-likeness (QED) is 0.689. The number of piperidine rings is 1. The molecule has 1 aliphatic rings. The van der Waals surface area contributed by atoms with Crippen molar-refractivity contribution in [2.75, 3.05) is 13.1 Å². The van der Waals surface area contributed by atoms with Crippen LogP contribution in [0, 0.1) is 11.3 Å². The Morgan fingerprint density at radius 1 is 1.50 bits per heavy atom. The number of nitrogens with zero attached hydrogens (tertiary/aromatic N) is 2. The molecule has 0 saturated carbocycles. The molecule has 0 aromatic rings. The fourth-order valence-electron chi connectivity index (χ4n) is 1.39. The van der Waals surface area contributed by atoms with Crippen molar-refractivity contribution >= 4 is 10.0 Å². The molecule has 1 fully saturated rings. The molecule has 1 heterocycles. The molecule has 1 rings (SSSR count). The molecule has 1 aliphatic heterocycles. The summed E-state index contributed by atoms with van der Waals surface area (Å²) in [7, 11) is -3.47. The van der Waals surface area contributed by atoms with Crippen LogP contribution >= 0.6 is 0 Å². The molecule has 0 bridgehead atoms. The minimum Gasteiger partial charge on any atom is -0.393 e. The van der Waals surface area contributed by atoms with Crippen LogP contribution in [0.25, 0.3) is 0 Å². The molecule has 5 nitrogen and oxygen atoms in total. The van der Waals surface area contributed by atoms with Crippen molar-refractivity contribution in [2.45, 2.75) is 31.1 Å². The number of hydrogen-bond donors (Lipinski definition) is 1. The zero-order chi connectivity index (χ0) is 10.8. The summed E-state index contributed by atoms with van der Waals surface area (Å²) in [4.78, 5) is 0. The van der Waals surface area contributed by atoms with Gasteiger partial charge in [-0.25, -0.2) is 12.7 Å². The topological polar surface area (TPSA) is 81.4 Å². The molecule has 0 radical (unpaired) electrons. The van der Waals surface area contributed by atoms with E-state index < -0.39 is 21.4 Å². The van der Waals surface area contributed by atoms with Gasteiger partial charge in [0.05, 0.1) is 12.2 Å². The minimum atomic E-state index is -3.47. The maximum absolute atomic E-state index is 11.6. The van der Waals surface area contributed by atoms with E-state index in [2.05, 4.69) is 0 Å². The Kier molecular flexibility index (Phi) is 3.48. The first-order valence-corrected chi connectivity index (χ1v) is 6.05. The highest BCUT2D eigenvalue weighted by Gasteiger charge is 2.31. The maximum atomic E-state index is 11.6. The van der Waals surface area contributed by atoms with E-state index >= 15 is 0 Å². The molecule has 6 heteroatoms. The monoisotopic (exact) mass is 218 g/mol. The average Bonchev–Trinajstić information content (AvgIpc) is 2.17. The highest BCUT2D eigenvalue weighted by Crippen LogP contribution is 2.16. The van der Waals surface area contributed by atoms with E-state index in [-0.39, 0.29) is 0 Å². The summed E-state index contributed by atoms with van der Waals surface area (Å²) in [6.45, 7) is 2.01. The Labute approximate surface area is 84.0 Å². The van der Waals surface area contributed by atoms with Crippen LogP contribution in [-0.2, 0) is 10.0 Å². The highest BCUT2D eigenvalue weighted by atomic mass is 32.2. The van der Waals surface area contributed by atoms with Gasteiger partial charge in [-0.2, -0.15) is 5.26 Å². The van der Waals surface area contributed by atoms with E-state index in [0.717, 1.165) is 0 Å². The molecule has 0 aromatic carbocycles. The third kappa shape index (κ3) is 2.23. The number of aliphatic hydroxyl groups is 1. The third-order valence-corrected chi connectivity index (χ3v) is 4.50. The van der Waals surface area contributed by atoms with Gasteiger partial charge in [0.1, 0.15) is 0 Å². The fourth-order valence-corrected chi connectivity index (χ4v) is 2.69. The molecular weight excluding hydrogens is 204 g/mol. The second-order valence-electron chi connectivity index (χ2n) is 3.45. The zero-order valence-electron chi connectivity index (χ0n) is 8.05. The van der Waals surface area contributed by atoms with Gasteiger partial charge in [-0.05, 0) is 19.8 Å². The van der Waals surface area contributed by atoms with E-state index in [1.54, 1.807) is 6.07 Å². The molecule has 1 N–H and O–H groups in total. The normalized spacial score (nSPS) is 22.9. The first-order valence-electron chi connectivity index (χ1n) is 4.55. The lowest BCUT2D eigenvalue weighted by atomic mass is 10.1. The lowest BCUT2D eigenvalue weighted by Gasteiger charge is -2.29. The second-order valence-corrected chi connectivity index (χ2v) is 5.70. The standard InChI is InChI=1S/C8H14N2O3S/c1-7(6-9)14(12,13)10-4-2-8(11)3-5-10/h7-8,11H,2-5H2,1H3. The van der Waals surface area contributed by atoms with Gasteiger partial charge in [0.2, 0.25) is 10.0 Å². The van der Waals surface area contributed by atoms with Gasteiger partial charge in [0, 0.05) is 13.1 Å². The minimum absolute atomic E-state index is 0.315. The van der Waals surface area contributed by atoms with Crippen molar-refractivity contribution in [3.63, 3.8) is 0 Å². The lowest BCUT2D eigenvalue weighted by molar-refractivity contribution is 0.113. The fraction of sp³-hybridized carbons (Fsp3) is 0.875. The van der Waals surface area contributed by atoms with Crippen molar-refractivity contribution in [1.82, 2.24) is 4.31 Å². The Balaban J connectivity index is 2.71. The van der Waals surface area contributed by atoms with E-state index in [9.17, 15) is 13.5 Å². The van der Waals surface area contributed by atoms with Crippen molar-refractivity contribution in [3.8, 4) is 6.07 Å². The summed E-state index contributed by atoms with van der Waals surface area (Å²) in [6.07, 6.45) is 0.508. The number of aliphatic hydroxyl groups excluding tert-OH is 1. The van der Waals surface area contributed by atoms with E-state index in [1.165, 1.54) is 11.2 Å². The van der Waals surface area contributed by atoms with Crippen molar-refractivity contribution in [2.24, 2.45) is 0 Å². The molecule has 0 amide bonds. The molecule has 80 valence electrons. The predicted octanol–water partition coefficient (Wildman–Crippen LogP) is -0.315. The molecule has 0 spiro atoms. The number of nitriles is 1. The largest absolute Gasteiger partial charge is 0.393 e. The summed E-state index contributed by atoms with van der Waals surface area (Å²) < 4.78 is 24.6. The number of hydrogen-bond acceptors (Lipinski definition) is 4. The lowest BCUT2D eigenvalue weighted by Crippen LogP contribution is -2.43.